The van der Waals surface area contributed by atoms with E-state index in [2.05, 4.69) is 15.3 Å². The van der Waals surface area contributed by atoms with Gasteiger partial charge in [-0.25, -0.2) is 14.4 Å². The third-order valence-corrected chi connectivity index (χ3v) is 5.95. The van der Waals surface area contributed by atoms with Gasteiger partial charge in [-0.15, -0.1) is 0 Å². The number of hydrogen-bond acceptors (Lipinski definition) is 6. The third-order valence-electron chi connectivity index (χ3n) is 5.95. The molecule has 0 aliphatic heterocycles. The minimum absolute atomic E-state index is 0.0334. The van der Waals surface area contributed by atoms with Crippen molar-refractivity contribution < 1.29 is 23.5 Å². The SMILES string of the molecule is COc1cccc2c1nc(NC(=O)Cc1ccc(Oc3ncccc3C(N)=O)c(F)c1)n2CC1CC1. The highest BCUT2D eigenvalue weighted by Gasteiger charge is 2.25. The predicted octanol–water partition coefficient (Wildman–Crippen LogP) is 4.06. The molecule has 1 fully saturated rings. The lowest BCUT2D eigenvalue weighted by atomic mass is 10.1. The Morgan fingerprint density at radius 2 is 2.00 bits per heavy atom. The lowest BCUT2D eigenvalue weighted by molar-refractivity contribution is -0.115. The van der Waals surface area contributed by atoms with Gasteiger partial charge in [0.25, 0.3) is 5.91 Å². The average Bonchev–Trinajstić information content (AvgIpc) is 3.62. The molecular weight excluding hydrogens is 465 g/mol. The number of nitrogens with one attached hydrogen (secondary N) is 1. The van der Waals surface area contributed by atoms with E-state index in [0.717, 1.165) is 24.9 Å². The van der Waals surface area contributed by atoms with Gasteiger partial charge in [-0.2, -0.15) is 0 Å². The lowest BCUT2D eigenvalue weighted by Crippen LogP contribution is -2.18. The topological polar surface area (TPSA) is 121 Å². The summed E-state index contributed by atoms with van der Waals surface area (Å²) < 4.78 is 27.6. The number of halogens is 1. The van der Waals surface area contributed by atoms with Crippen molar-refractivity contribution in [1.82, 2.24) is 14.5 Å². The maximum Gasteiger partial charge on any atom is 0.254 e. The fraction of sp³-hybridized carbons (Fsp3) is 0.231. The molecule has 2 aromatic heterocycles. The molecule has 0 saturated heterocycles. The van der Waals surface area contributed by atoms with Gasteiger partial charge in [-0.1, -0.05) is 12.1 Å². The van der Waals surface area contributed by atoms with Crippen molar-refractivity contribution >= 4 is 28.8 Å². The number of pyridine rings is 1. The van der Waals surface area contributed by atoms with E-state index in [1.165, 1.54) is 30.5 Å². The van der Waals surface area contributed by atoms with Gasteiger partial charge in [0, 0.05) is 12.7 Å². The second-order valence-electron chi connectivity index (χ2n) is 8.63. The molecule has 184 valence electrons. The molecule has 4 aromatic rings. The molecule has 2 heterocycles. The number of nitrogens with zero attached hydrogens (tertiary/aromatic N) is 3. The molecule has 2 aromatic carbocycles. The number of para-hydroxylation sites is 1. The molecule has 0 bridgehead atoms. The zero-order chi connectivity index (χ0) is 25.2. The van der Waals surface area contributed by atoms with Crippen molar-refractivity contribution in [2.45, 2.75) is 25.8 Å². The van der Waals surface area contributed by atoms with Crippen LogP contribution in [0.5, 0.6) is 17.4 Å². The number of imidazole rings is 1. The van der Waals surface area contributed by atoms with Crippen molar-refractivity contribution in [2.24, 2.45) is 11.7 Å². The maximum absolute atomic E-state index is 14.8. The van der Waals surface area contributed by atoms with Gasteiger partial charge in [0.05, 0.1) is 19.0 Å². The molecule has 2 amide bonds. The molecule has 1 saturated carbocycles. The van der Waals surface area contributed by atoms with Crippen LogP contribution in [0.2, 0.25) is 0 Å². The average molecular weight is 490 g/mol. The number of carbonyl (C=O) groups is 2. The fourth-order valence-corrected chi connectivity index (χ4v) is 3.98. The van der Waals surface area contributed by atoms with E-state index in [-0.39, 0.29) is 29.5 Å². The van der Waals surface area contributed by atoms with Crippen LogP contribution >= 0.6 is 0 Å². The predicted molar refractivity (Wildman–Crippen MR) is 131 cm³/mol. The minimum atomic E-state index is -0.739. The second kappa shape index (κ2) is 9.65. The van der Waals surface area contributed by atoms with E-state index in [1.54, 1.807) is 13.2 Å². The van der Waals surface area contributed by atoms with E-state index in [0.29, 0.717) is 28.7 Å². The number of fused-ring (bicyclic) bond motifs is 1. The monoisotopic (exact) mass is 489 g/mol. The van der Waals surface area contributed by atoms with Crippen LogP contribution in [0, 0.1) is 11.7 Å². The number of methoxy groups -OCH3 is 1. The third kappa shape index (κ3) is 4.83. The molecule has 0 spiro atoms. The van der Waals surface area contributed by atoms with Crippen molar-refractivity contribution in [3.8, 4) is 17.4 Å². The molecule has 3 N–H and O–H groups in total. The number of hydrogen-bond donors (Lipinski definition) is 2. The summed E-state index contributed by atoms with van der Waals surface area (Å²) >= 11 is 0. The first kappa shape index (κ1) is 23.3. The Bertz CT molecular complexity index is 1460. The summed E-state index contributed by atoms with van der Waals surface area (Å²) in [6.07, 6.45) is 3.62. The van der Waals surface area contributed by atoms with Crippen LogP contribution in [0.1, 0.15) is 28.8 Å². The Morgan fingerprint density at radius 1 is 1.17 bits per heavy atom. The molecule has 0 atom stereocenters. The van der Waals surface area contributed by atoms with E-state index >= 15 is 0 Å². The Labute approximate surface area is 206 Å². The number of rotatable bonds is 9. The molecule has 5 rings (SSSR count). The maximum atomic E-state index is 14.8. The largest absolute Gasteiger partial charge is 0.494 e. The van der Waals surface area contributed by atoms with Gasteiger partial charge >= 0.3 is 0 Å². The summed E-state index contributed by atoms with van der Waals surface area (Å²) in [6, 6.07) is 12.8. The van der Waals surface area contributed by atoms with Gasteiger partial charge < -0.3 is 19.8 Å². The van der Waals surface area contributed by atoms with E-state index in [1.807, 2.05) is 22.8 Å². The Balaban J connectivity index is 1.33. The van der Waals surface area contributed by atoms with Crippen LogP contribution in [0.25, 0.3) is 11.0 Å². The molecule has 36 heavy (non-hydrogen) atoms. The van der Waals surface area contributed by atoms with Crippen LogP contribution < -0.4 is 20.5 Å². The van der Waals surface area contributed by atoms with Gasteiger partial charge in [0.15, 0.2) is 11.6 Å². The number of carbonyl (C=O) groups excluding carboxylic acids is 2. The lowest BCUT2D eigenvalue weighted by Gasteiger charge is -2.11. The van der Waals surface area contributed by atoms with Gasteiger partial charge in [-0.3, -0.25) is 14.9 Å². The number of anilines is 1. The summed E-state index contributed by atoms with van der Waals surface area (Å²) in [4.78, 5) is 33.0. The van der Waals surface area contributed by atoms with Gasteiger partial charge in [-0.05, 0) is 60.7 Å². The number of nitrogens with two attached hydrogens (primary N) is 1. The number of benzene rings is 2. The van der Waals surface area contributed by atoms with Crippen molar-refractivity contribution in [3.63, 3.8) is 0 Å². The van der Waals surface area contributed by atoms with Crippen molar-refractivity contribution in [2.75, 3.05) is 12.4 Å². The van der Waals surface area contributed by atoms with E-state index in [4.69, 9.17) is 15.2 Å². The summed E-state index contributed by atoms with van der Waals surface area (Å²) in [5.74, 6) is -0.402. The Kier molecular flexibility index (Phi) is 6.24. The highest BCUT2D eigenvalue weighted by atomic mass is 19.1. The van der Waals surface area contributed by atoms with Crippen molar-refractivity contribution in [1.29, 1.82) is 0 Å². The molecule has 1 aliphatic rings. The molecule has 0 radical (unpaired) electrons. The Morgan fingerprint density at radius 3 is 2.72 bits per heavy atom. The Hall–Kier alpha value is -4.47. The van der Waals surface area contributed by atoms with Crippen molar-refractivity contribution in [3.05, 3.63) is 71.7 Å². The highest BCUT2D eigenvalue weighted by Crippen LogP contribution is 2.35. The minimum Gasteiger partial charge on any atom is -0.494 e. The van der Waals surface area contributed by atoms with Gasteiger partial charge in [0.1, 0.15) is 16.8 Å². The first-order valence-electron chi connectivity index (χ1n) is 11.5. The van der Waals surface area contributed by atoms with Crippen LogP contribution in [0.15, 0.2) is 54.7 Å². The first-order valence-corrected chi connectivity index (χ1v) is 11.5. The second-order valence-corrected chi connectivity index (χ2v) is 8.63. The normalized spacial score (nSPS) is 12.9. The summed E-state index contributed by atoms with van der Waals surface area (Å²) in [5, 5.41) is 2.87. The first-order chi connectivity index (χ1) is 17.4. The van der Waals surface area contributed by atoms with E-state index in [9.17, 15) is 14.0 Å². The van der Waals surface area contributed by atoms with Crippen LogP contribution in [-0.4, -0.2) is 33.5 Å². The zero-order valence-corrected chi connectivity index (χ0v) is 19.5. The van der Waals surface area contributed by atoms with Gasteiger partial charge in [0.2, 0.25) is 17.7 Å². The van der Waals surface area contributed by atoms with Crippen LogP contribution in [-0.2, 0) is 17.8 Å². The van der Waals surface area contributed by atoms with E-state index < -0.39 is 11.7 Å². The standard InChI is InChI=1S/C26H24FN5O4/c1-35-21-6-2-5-19-23(21)31-26(32(19)14-15-7-8-15)30-22(33)13-16-9-10-20(18(27)12-16)36-25-17(24(28)34)4-3-11-29-25/h2-6,9-12,15H,7-8,13-14H2,1H3,(H2,28,34)(H,30,31,33). The van der Waals surface area contributed by atoms with Crippen LogP contribution in [0.4, 0.5) is 10.3 Å². The molecule has 1 aliphatic carbocycles. The number of amides is 2. The molecular formula is C26H24FN5O4. The molecule has 9 nitrogen and oxygen atoms in total. The summed E-state index contributed by atoms with van der Waals surface area (Å²) in [7, 11) is 1.58. The smallest absolute Gasteiger partial charge is 0.254 e. The zero-order valence-electron chi connectivity index (χ0n) is 19.5. The number of primary amides is 1. The number of ether oxygens (including phenoxy) is 2. The molecule has 10 heteroatoms. The quantitative estimate of drug-likeness (QED) is 0.366. The highest BCUT2D eigenvalue weighted by molar-refractivity contribution is 5.95. The summed E-state index contributed by atoms with van der Waals surface area (Å²) in [6.45, 7) is 0.751. The fourth-order valence-electron chi connectivity index (χ4n) is 3.98. The number of aromatic nitrogens is 3. The van der Waals surface area contributed by atoms with Crippen LogP contribution in [0.3, 0.4) is 0 Å². The summed E-state index contributed by atoms with van der Waals surface area (Å²) in [5.41, 5.74) is 7.35. The molecule has 0 unspecified atom stereocenters.